The molecule has 1 aromatic carbocycles. The molecule has 0 saturated carbocycles. The summed E-state index contributed by atoms with van der Waals surface area (Å²) in [4.78, 5) is 23.5. The van der Waals surface area contributed by atoms with Gasteiger partial charge >= 0.3 is 5.91 Å². The van der Waals surface area contributed by atoms with Gasteiger partial charge in [0, 0.05) is 11.4 Å². The Balaban J connectivity index is 1.84. The minimum absolute atomic E-state index is 0.0804. The van der Waals surface area contributed by atoms with E-state index in [1.165, 1.54) is 6.07 Å². The summed E-state index contributed by atoms with van der Waals surface area (Å²) in [5, 5.41) is 6.61. The number of nitrogens with zero attached hydrogens (tertiary/aromatic N) is 1. The zero-order valence-electron chi connectivity index (χ0n) is 11.8. The summed E-state index contributed by atoms with van der Waals surface area (Å²) in [7, 11) is 0. The molecule has 0 bridgehead atoms. The third kappa shape index (κ3) is 4.85. The minimum Gasteiger partial charge on any atom is -0.444 e. The first-order valence-corrected chi connectivity index (χ1v) is 7.27. The van der Waals surface area contributed by atoms with Gasteiger partial charge in [0.25, 0.3) is 0 Å². The zero-order valence-corrected chi connectivity index (χ0v) is 13.4. The maximum atomic E-state index is 11.8. The number of amides is 2. The van der Waals surface area contributed by atoms with Crippen LogP contribution < -0.4 is 10.7 Å². The van der Waals surface area contributed by atoms with E-state index in [9.17, 15) is 9.59 Å². The molecule has 22 heavy (non-hydrogen) atoms. The molecule has 0 radical (unpaired) electrons. The van der Waals surface area contributed by atoms with E-state index >= 15 is 0 Å². The first kappa shape index (κ1) is 16.0. The molecule has 0 unspecified atom stereocenters. The van der Waals surface area contributed by atoms with Crippen LogP contribution in [0.25, 0.3) is 0 Å². The van der Waals surface area contributed by atoms with E-state index in [4.69, 9.17) is 4.42 Å². The van der Waals surface area contributed by atoms with Crippen molar-refractivity contribution >= 4 is 39.1 Å². The fraction of sp³-hybridized carbons (Fsp3) is 0.133. The van der Waals surface area contributed by atoms with E-state index in [0.29, 0.717) is 16.1 Å². The van der Waals surface area contributed by atoms with Gasteiger partial charge in [0.1, 0.15) is 0 Å². The van der Waals surface area contributed by atoms with Crippen LogP contribution in [0.3, 0.4) is 0 Å². The Morgan fingerprint density at radius 2 is 1.91 bits per heavy atom. The summed E-state index contributed by atoms with van der Waals surface area (Å²) < 4.78 is 5.55. The highest BCUT2D eigenvalue weighted by atomic mass is 79.9. The highest BCUT2D eigenvalue weighted by Crippen LogP contribution is 2.13. The van der Waals surface area contributed by atoms with Gasteiger partial charge in [-0.2, -0.15) is 5.10 Å². The van der Waals surface area contributed by atoms with Crippen LogP contribution in [0.2, 0.25) is 0 Å². The second-order valence-corrected chi connectivity index (χ2v) is 5.26. The SMILES string of the molecule is CC(CC(=O)Nc1ccccc1)=NNC(=O)c1ccc(Br)o1. The van der Waals surface area contributed by atoms with Gasteiger partial charge in [-0.1, -0.05) is 18.2 Å². The Bertz CT molecular complexity index is 695. The number of hydrogen-bond acceptors (Lipinski definition) is 4. The lowest BCUT2D eigenvalue weighted by Gasteiger charge is -2.04. The number of hydrogen-bond donors (Lipinski definition) is 2. The van der Waals surface area contributed by atoms with Crippen molar-refractivity contribution in [1.82, 2.24) is 5.43 Å². The maximum absolute atomic E-state index is 11.8. The minimum atomic E-state index is -0.478. The standard InChI is InChI=1S/C15H14BrN3O3/c1-10(9-14(20)17-11-5-3-2-4-6-11)18-19-15(21)12-7-8-13(16)22-12/h2-8H,9H2,1H3,(H,17,20)(H,19,21). The molecule has 0 atom stereocenters. The van der Waals surface area contributed by atoms with Gasteiger partial charge in [-0.05, 0) is 47.1 Å². The van der Waals surface area contributed by atoms with E-state index in [-0.39, 0.29) is 18.1 Å². The number of anilines is 1. The lowest BCUT2D eigenvalue weighted by Crippen LogP contribution is -2.21. The lowest BCUT2D eigenvalue weighted by molar-refractivity contribution is -0.115. The molecule has 7 heteroatoms. The highest BCUT2D eigenvalue weighted by Gasteiger charge is 2.10. The van der Waals surface area contributed by atoms with Crippen LogP contribution in [-0.4, -0.2) is 17.5 Å². The average molecular weight is 364 g/mol. The summed E-state index contributed by atoms with van der Waals surface area (Å²) in [5.74, 6) is -0.548. The zero-order chi connectivity index (χ0) is 15.9. The summed E-state index contributed by atoms with van der Waals surface area (Å²) in [5.41, 5.74) is 3.53. The van der Waals surface area contributed by atoms with E-state index in [1.807, 2.05) is 18.2 Å². The predicted octanol–water partition coefficient (Wildman–Crippen LogP) is 3.18. The molecule has 2 N–H and O–H groups in total. The van der Waals surface area contributed by atoms with Crippen molar-refractivity contribution in [2.24, 2.45) is 5.10 Å². The molecule has 0 spiro atoms. The van der Waals surface area contributed by atoms with Crippen molar-refractivity contribution in [3.8, 4) is 0 Å². The number of benzene rings is 1. The van der Waals surface area contributed by atoms with Crippen LogP contribution in [0.15, 0.2) is 56.7 Å². The lowest BCUT2D eigenvalue weighted by atomic mass is 10.2. The van der Waals surface area contributed by atoms with E-state index in [2.05, 4.69) is 31.8 Å². The molecule has 1 aromatic heterocycles. The van der Waals surface area contributed by atoms with Crippen LogP contribution in [0.1, 0.15) is 23.9 Å². The number of carbonyl (C=O) groups excluding carboxylic acids is 2. The topological polar surface area (TPSA) is 83.7 Å². The molecule has 0 fully saturated rings. The second kappa shape index (κ2) is 7.56. The van der Waals surface area contributed by atoms with Gasteiger partial charge in [-0.15, -0.1) is 0 Å². The van der Waals surface area contributed by atoms with E-state index < -0.39 is 5.91 Å². The molecule has 6 nitrogen and oxygen atoms in total. The van der Waals surface area contributed by atoms with Crippen molar-refractivity contribution in [3.63, 3.8) is 0 Å². The molecule has 2 amide bonds. The van der Waals surface area contributed by atoms with E-state index in [1.54, 1.807) is 25.1 Å². The number of nitrogens with one attached hydrogen (secondary N) is 2. The van der Waals surface area contributed by atoms with Crippen LogP contribution in [0, 0.1) is 0 Å². The molecule has 2 aromatic rings. The first-order valence-electron chi connectivity index (χ1n) is 6.48. The smallest absolute Gasteiger partial charge is 0.307 e. The summed E-state index contributed by atoms with van der Waals surface area (Å²) >= 11 is 3.11. The Hall–Kier alpha value is -2.41. The normalized spacial score (nSPS) is 11.1. The van der Waals surface area contributed by atoms with Crippen molar-refractivity contribution in [3.05, 3.63) is 52.9 Å². The number of halogens is 1. The average Bonchev–Trinajstić information content (AvgIpc) is 2.92. The predicted molar refractivity (Wildman–Crippen MR) is 86.7 cm³/mol. The van der Waals surface area contributed by atoms with E-state index in [0.717, 1.165) is 0 Å². The fourth-order valence-electron chi connectivity index (χ4n) is 1.64. The molecule has 2 rings (SSSR count). The molecular weight excluding hydrogens is 350 g/mol. The Morgan fingerprint density at radius 3 is 2.55 bits per heavy atom. The molecule has 0 aliphatic rings. The molecule has 114 valence electrons. The van der Waals surface area contributed by atoms with Crippen molar-refractivity contribution < 1.29 is 14.0 Å². The van der Waals surface area contributed by atoms with Gasteiger partial charge in [-0.3, -0.25) is 9.59 Å². The summed E-state index contributed by atoms with van der Waals surface area (Å²) in [6.07, 6.45) is 0.0804. The number of hydrazone groups is 1. The first-order chi connectivity index (χ1) is 10.5. The van der Waals surface area contributed by atoms with Gasteiger partial charge in [-0.25, -0.2) is 5.43 Å². The third-order valence-corrected chi connectivity index (χ3v) is 3.05. The quantitative estimate of drug-likeness (QED) is 0.631. The Labute approximate surface area is 135 Å². The van der Waals surface area contributed by atoms with Gasteiger partial charge < -0.3 is 9.73 Å². The third-order valence-electron chi connectivity index (χ3n) is 2.62. The number of furan rings is 1. The maximum Gasteiger partial charge on any atom is 0.307 e. The summed E-state index contributed by atoms with van der Waals surface area (Å²) in [6.45, 7) is 1.66. The molecule has 1 heterocycles. The summed E-state index contributed by atoms with van der Waals surface area (Å²) in [6, 6.07) is 12.2. The van der Waals surface area contributed by atoms with Crippen molar-refractivity contribution in [2.45, 2.75) is 13.3 Å². The van der Waals surface area contributed by atoms with Gasteiger partial charge in [0.05, 0.1) is 6.42 Å². The number of carbonyl (C=O) groups is 2. The molecule has 0 aliphatic carbocycles. The fourth-order valence-corrected chi connectivity index (χ4v) is 1.94. The largest absolute Gasteiger partial charge is 0.444 e. The van der Waals surface area contributed by atoms with Crippen LogP contribution in [-0.2, 0) is 4.79 Å². The molecular formula is C15H14BrN3O3. The van der Waals surface area contributed by atoms with Crippen LogP contribution in [0.4, 0.5) is 5.69 Å². The molecule has 0 aliphatic heterocycles. The van der Waals surface area contributed by atoms with Crippen LogP contribution >= 0.6 is 15.9 Å². The highest BCUT2D eigenvalue weighted by molar-refractivity contribution is 9.10. The monoisotopic (exact) mass is 363 g/mol. The van der Waals surface area contributed by atoms with Gasteiger partial charge in [0.2, 0.25) is 5.91 Å². The van der Waals surface area contributed by atoms with Crippen molar-refractivity contribution in [2.75, 3.05) is 5.32 Å². The van der Waals surface area contributed by atoms with Gasteiger partial charge in [0.15, 0.2) is 10.4 Å². The second-order valence-electron chi connectivity index (χ2n) is 4.48. The van der Waals surface area contributed by atoms with Crippen molar-refractivity contribution in [1.29, 1.82) is 0 Å². The molecule has 0 saturated heterocycles. The Kier molecular flexibility index (Phi) is 5.48. The number of rotatable bonds is 5. The number of para-hydroxylation sites is 1. The van der Waals surface area contributed by atoms with Crippen LogP contribution in [0.5, 0.6) is 0 Å². The Morgan fingerprint density at radius 1 is 1.18 bits per heavy atom.